The van der Waals surface area contributed by atoms with E-state index in [4.69, 9.17) is 4.74 Å². The lowest BCUT2D eigenvalue weighted by Gasteiger charge is -2.12. The molecule has 0 fully saturated rings. The summed E-state index contributed by atoms with van der Waals surface area (Å²) in [6.45, 7) is 4.00. The number of phenolic OH excluding ortho intramolecular Hbond substituents is 1. The first-order valence-corrected chi connectivity index (χ1v) is 7.64. The van der Waals surface area contributed by atoms with Crippen LogP contribution in [0.1, 0.15) is 18.1 Å². The Kier molecular flexibility index (Phi) is 8.99. The zero-order chi connectivity index (χ0) is 16.5. The van der Waals surface area contributed by atoms with E-state index in [0.717, 1.165) is 29.4 Å². The zero-order valence-corrected chi connectivity index (χ0v) is 16.3. The fourth-order valence-corrected chi connectivity index (χ4v) is 2.10. The molecule has 24 heavy (non-hydrogen) atoms. The molecule has 0 heterocycles. The summed E-state index contributed by atoms with van der Waals surface area (Å²) in [6, 6.07) is 15.0. The van der Waals surface area contributed by atoms with Crippen LogP contribution in [0.2, 0.25) is 0 Å². The zero-order valence-electron chi connectivity index (χ0n) is 14.0. The van der Waals surface area contributed by atoms with E-state index >= 15 is 0 Å². The third kappa shape index (κ3) is 6.66. The highest BCUT2D eigenvalue weighted by Gasteiger charge is 2.00. The van der Waals surface area contributed by atoms with E-state index < -0.39 is 0 Å². The number of nitrogens with zero attached hydrogens (tertiary/aromatic N) is 1. The number of phenols is 1. The van der Waals surface area contributed by atoms with Crippen molar-refractivity contribution >= 4 is 29.9 Å². The van der Waals surface area contributed by atoms with Crippen LogP contribution in [0.15, 0.2) is 53.5 Å². The number of aromatic hydroxyl groups is 1. The van der Waals surface area contributed by atoms with E-state index in [-0.39, 0.29) is 29.7 Å². The quantitative estimate of drug-likeness (QED) is 0.366. The second-order valence-electron chi connectivity index (χ2n) is 5.07. The largest absolute Gasteiger partial charge is 0.508 e. The van der Waals surface area contributed by atoms with Gasteiger partial charge in [0.15, 0.2) is 5.96 Å². The first kappa shape index (κ1) is 20.1. The van der Waals surface area contributed by atoms with Gasteiger partial charge in [0.25, 0.3) is 0 Å². The van der Waals surface area contributed by atoms with Gasteiger partial charge in [0, 0.05) is 13.1 Å². The maximum Gasteiger partial charge on any atom is 0.191 e. The van der Waals surface area contributed by atoms with Gasteiger partial charge in [0.05, 0.1) is 13.7 Å². The van der Waals surface area contributed by atoms with Crippen LogP contribution in [-0.2, 0) is 13.1 Å². The smallest absolute Gasteiger partial charge is 0.191 e. The van der Waals surface area contributed by atoms with Crippen LogP contribution >= 0.6 is 24.0 Å². The van der Waals surface area contributed by atoms with Gasteiger partial charge < -0.3 is 20.5 Å². The summed E-state index contributed by atoms with van der Waals surface area (Å²) in [6.07, 6.45) is 0. The van der Waals surface area contributed by atoms with Crippen molar-refractivity contribution in [1.29, 1.82) is 0 Å². The molecule has 0 saturated heterocycles. The van der Waals surface area contributed by atoms with Crippen LogP contribution in [0.4, 0.5) is 0 Å². The molecule has 130 valence electrons. The first-order chi connectivity index (χ1) is 11.2. The molecule has 0 aromatic heterocycles. The third-order valence-corrected chi connectivity index (χ3v) is 3.29. The molecule has 0 unspecified atom stereocenters. The number of methoxy groups -OCH3 is 1. The normalized spacial score (nSPS) is 10.7. The van der Waals surface area contributed by atoms with Crippen LogP contribution in [0.3, 0.4) is 0 Å². The van der Waals surface area contributed by atoms with Crippen LogP contribution < -0.4 is 15.4 Å². The fourth-order valence-electron chi connectivity index (χ4n) is 2.10. The Labute approximate surface area is 160 Å². The van der Waals surface area contributed by atoms with Crippen LogP contribution in [0.5, 0.6) is 11.5 Å². The molecule has 0 aliphatic carbocycles. The SMILES string of the molecule is CCNC(=NCc1cccc(O)c1)NCc1ccc(OC)cc1.I. The molecule has 5 nitrogen and oxygen atoms in total. The van der Waals surface area contributed by atoms with Gasteiger partial charge >= 0.3 is 0 Å². The van der Waals surface area contributed by atoms with E-state index in [9.17, 15) is 5.11 Å². The molecule has 0 radical (unpaired) electrons. The maximum absolute atomic E-state index is 9.49. The summed E-state index contributed by atoms with van der Waals surface area (Å²) >= 11 is 0. The van der Waals surface area contributed by atoms with Crippen molar-refractivity contribution in [3.8, 4) is 11.5 Å². The van der Waals surface area contributed by atoms with Crippen LogP contribution in [0.25, 0.3) is 0 Å². The lowest BCUT2D eigenvalue weighted by molar-refractivity contribution is 0.414. The van der Waals surface area contributed by atoms with E-state index in [2.05, 4.69) is 15.6 Å². The standard InChI is InChI=1S/C18H23N3O2.HI/c1-3-19-18(21-13-15-5-4-6-16(22)11-15)20-12-14-7-9-17(23-2)10-8-14;/h4-11,22H,3,12-13H2,1-2H3,(H2,19,20,21);1H. The molecule has 2 rings (SSSR count). The molecule has 3 N–H and O–H groups in total. The molecule has 2 aromatic rings. The number of guanidine groups is 1. The van der Waals surface area contributed by atoms with Crippen molar-refractivity contribution in [3.05, 3.63) is 59.7 Å². The van der Waals surface area contributed by atoms with E-state index in [1.165, 1.54) is 0 Å². The van der Waals surface area contributed by atoms with Crippen molar-refractivity contribution in [2.24, 2.45) is 4.99 Å². The van der Waals surface area contributed by atoms with Crippen molar-refractivity contribution < 1.29 is 9.84 Å². The number of aliphatic imine (C=N–C) groups is 1. The number of benzene rings is 2. The van der Waals surface area contributed by atoms with Crippen molar-refractivity contribution in [2.75, 3.05) is 13.7 Å². The fraction of sp³-hybridized carbons (Fsp3) is 0.278. The van der Waals surface area contributed by atoms with Crippen molar-refractivity contribution in [2.45, 2.75) is 20.0 Å². The van der Waals surface area contributed by atoms with Crippen molar-refractivity contribution in [1.82, 2.24) is 10.6 Å². The Hall–Kier alpha value is -1.96. The lowest BCUT2D eigenvalue weighted by Crippen LogP contribution is -2.36. The molecule has 0 spiro atoms. The minimum absolute atomic E-state index is 0. The average Bonchev–Trinajstić information content (AvgIpc) is 2.58. The van der Waals surface area contributed by atoms with E-state index in [0.29, 0.717) is 13.1 Å². The summed E-state index contributed by atoms with van der Waals surface area (Å²) in [5, 5.41) is 16.0. The summed E-state index contributed by atoms with van der Waals surface area (Å²) in [5.74, 6) is 1.85. The van der Waals surface area contributed by atoms with E-state index in [1.807, 2.05) is 43.3 Å². The number of hydrogen-bond donors (Lipinski definition) is 3. The van der Waals surface area contributed by atoms with E-state index in [1.54, 1.807) is 19.2 Å². The van der Waals surface area contributed by atoms with Gasteiger partial charge in [-0.3, -0.25) is 0 Å². The highest BCUT2D eigenvalue weighted by Crippen LogP contribution is 2.12. The summed E-state index contributed by atoms with van der Waals surface area (Å²) in [4.78, 5) is 4.53. The highest BCUT2D eigenvalue weighted by atomic mass is 127. The molecule has 0 atom stereocenters. The number of rotatable bonds is 6. The second kappa shape index (κ2) is 10.7. The Morgan fingerprint density at radius 2 is 1.83 bits per heavy atom. The average molecular weight is 441 g/mol. The van der Waals surface area contributed by atoms with Crippen molar-refractivity contribution in [3.63, 3.8) is 0 Å². The molecule has 6 heteroatoms. The Morgan fingerprint density at radius 3 is 2.46 bits per heavy atom. The number of hydrogen-bond acceptors (Lipinski definition) is 3. The first-order valence-electron chi connectivity index (χ1n) is 7.64. The molecule has 2 aromatic carbocycles. The van der Waals surface area contributed by atoms with Crippen LogP contribution in [-0.4, -0.2) is 24.7 Å². The van der Waals surface area contributed by atoms with Crippen LogP contribution in [0, 0.1) is 0 Å². The molecule has 0 amide bonds. The highest BCUT2D eigenvalue weighted by molar-refractivity contribution is 14.0. The topological polar surface area (TPSA) is 65.9 Å². The summed E-state index contributed by atoms with van der Waals surface area (Å²) < 4.78 is 5.15. The molecular formula is C18H24IN3O2. The van der Waals surface area contributed by atoms with Gasteiger partial charge in [0.1, 0.15) is 11.5 Å². The Morgan fingerprint density at radius 1 is 1.08 bits per heavy atom. The van der Waals surface area contributed by atoms with Gasteiger partial charge in [-0.25, -0.2) is 4.99 Å². The monoisotopic (exact) mass is 441 g/mol. The summed E-state index contributed by atoms with van der Waals surface area (Å²) in [5.41, 5.74) is 2.11. The maximum atomic E-state index is 9.49. The molecule has 0 aliphatic rings. The Balaban J connectivity index is 0.00000288. The predicted octanol–water partition coefficient (Wildman–Crippen LogP) is 3.27. The molecule has 0 aliphatic heterocycles. The minimum Gasteiger partial charge on any atom is -0.508 e. The molecular weight excluding hydrogens is 417 g/mol. The van der Waals surface area contributed by atoms with Gasteiger partial charge in [0.2, 0.25) is 0 Å². The minimum atomic E-state index is 0. The molecule has 0 saturated carbocycles. The summed E-state index contributed by atoms with van der Waals surface area (Å²) in [7, 11) is 1.66. The Bertz CT molecular complexity index is 645. The van der Waals surface area contributed by atoms with Gasteiger partial charge in [-0.2, -0.15) is 0 Å². The van der Waals surface area contributed by atoms with Gasteiger partial charge in [-0.05, 0) is 42.3 Å². The molecule has 0 bridgehead atoms. The number of nitrogens with one attached hydrogen (secondary N) is 2. The number of ether oxygens (including phenoxy) is 1. The predicted molar refractivity (Wildman–Crippen MR) is 108 cm³/mol. The van der Waals surface area contributed by atoms with Gasteiger partial charge in [-0.1, -0.05) is 24.3 Å². The van der Waals surface area contributed by atoms with Gasteiger partial charge in [-0.15, -0.1) is 24.0 Å². The number of halogens is 1. The lowest BCUT2D eigenvalue weighted by atomic mass is 10.2. The second-order valence-corrected chi connectivity index (χ2v) is 5.07. The third-order valence-electron chi connectivity index (χ3n) is 3.29.